The average Bonchev–Trinajstić information content (AvgIpc) is 2.95. The van der Waals surface area contributed by atoms with Gasteiger partial charge in [0.2, 0.25) is 0 Å². The Balaban J connectivity index is 1.56. The maximum atomic E-state index is 11.1. The van der Waals surface area contributed by atoms with E-state index in [-0.39, 0.29) is 0 Å². The van der Waals surface area contributed by atoms with E-state index in [9.17, 15) is 4.79 Å². The average molecular weight is 299 g/mol. The fraction of sp³-hybridized carbons (Fsp3) is 0.444. The van der Waals surface area contributed by atoms with Gasteiger partial charge < -0.3 is 15.0 Å². The highest BCUT2D eigenvalue weighted by Crippen LogP contribution is 2.22. The largest absolute Gasteiger partial charge is 0.478 e. The van der Waals surface area contributed by atoms with E-state index in [1.165, 1.54) is 44.5 Å². The lowest BCUT2D eigenvalue weighted by atomic mass is 10.0. The molecule has 0 aliphatic carbocycles. The van der Waals surface area contributed by atoms with Crippen LogP contribution in [0.5, 0.6) is 0 Å². The predicted molar refractivity (Wildman–Crippen MR) is 88.2 cm³/mol. The molecule has 0 spiro atoms. The number of carbonyl (C=O) groups is 1. The molecule has 4 nitrogen and oxygen atoms in total. The van der Waals surface area contributed by atoms with Crippen LogP contribution in [0.3, 0.4) is 0 Å². The Labute approximate surface area is 131 Å². The third kappa shape index (κ3) is 3.50. The first-order valence-corrected chi connectivity index (χ1v) is 8.11. The molecule has 2 N–H and O–H groups in total. The number of H-pyrrole nitrogens is 1. The number of aryl methyl sites for hydroxylation is 1. The number of aromatic amines is 1. The van der Waals surface area contributed by atoms with Gasteiger partial charge in [-0.15, -0.1) is 0 Å². The van der Waals surface area contributed by atoms with E-state index in [2.05, 4.69) is 16.3 Å². The van der Waals surface area contributed by atoms with E-state index in [1.807, 2.05) is 12.3 Å². The number of nitrogens with one attached hydrogen (secondary N) is 1. The van der Waals surface area contributed by atoms with Crippen LogP contribution >= 0.6 is 0 Å². The molecule has 1 aliphatic rings. The number of aromatic nitrogens is 1. The number of piperidine rings is 1. The quantitative estimate of drug-likeness (QED) is 0.803. The number of hydrogen-bond acceptors (Lipinski definition) is 2. The highest BCUT2D eigenvalue weighted by molar-refractivity contribution is 5.94. The van der Waals surface area contributed by atoms with Crippen molar-refractivity contribution in [2.24, 2.45) is 0 Å². The number of nitrogens with zero attached hydrogens (tertiary/aromatic N) is 1. The first-order valence-electron chi connectivity index (χ1n) is 8.11. The minimum absolute atomic E-state index is 0.359. The third-order valence-electron chi connectivity index (χ3n) is 4.48. The van der Waals surface area contributed by atoms with Gasteiger partial charge in [-0.05, 0) is 81.9 Å². The zero-order chi connectivity index (χ0) is 15.4. The van der Waals surface area contributed by atoms with E-state index in [1.54, 1.807) is 12.1 Å². The number of hydrogen-bond donors (Lipinski definition) is 2. The maximum absolute atomic E-state index is 11.1. The van der Waals surface area contributed by atoms with Crippen LogP contribution in [0.1, 0.15) is 41.6 Å². The molecule has 1 fully saturated rings. The molecule has 1 aromatic heterocycles. The first kappa shape index (κ1) is 15.1. The molecule has 3 rings (SSSR count). The van der Waals surface area contributed by atoms with Crippen LogP contribution in [0.15, 0.2) is 24.4 Å². The van der Waals surface area contributed by atoms with Gasteiger partial charge in [-0.2, -0.15) is 0 Å². The number of carboxylic acid groups (broad SMARTS) is 1. The van der Waals surface area contributed by atoms with Crippen LogP contribution in [0.25, 0.3) is 10.9 Å². The zero-order valence-corrected chi connectivity index (χ0v) is 12.8. The Morgan fingerprint density at radius 1 is 1.23 bits per heavy atom. The van der Waals surface area contributed by atoms with Gasteiger partial charge in [0.15, 0.2) is 0 Å². The van der Waals surface area contributed by atoms with E-state index in [0.29, 0.717) is 5.56 Å². The normalized spacial score (nSPS) is 16.2. The van der Waals surface area contributed by atoms with Crippen LogP contribution < -0.4 is 0 Å². The second-order valence-electron chi connectivity index (χ2n) is 6.04. The number of fused-ring (bicyclic) bond motifs is 1. The Morgan fingerprint density at radius 2 is 2.05 bits per heavy atom. The lowest BCUT2D eigenvalue weighted by molar-refractivity contribution is 0.0697. The third-order valence-corrected chi connectivity index (χ3v) is 4.48. The summed E-state index contributed by atoms with van der Waals surface area (Å²) in [6.07, 6.45) is 10.2. The van der Waals surface area contributed by atoms with Crippen LogP contribution in [0.2, 0.25) is 0 Å². The summed E-state index contributed by atoms with van der Waals surface area (Å²) in [5.74, 6) is -0.865. The van der Waals surface area contributed by atoms with Crippen molar-refractivity contribution in [3.05, 3.63) is 41.9 Å². The van der Waals surface area contributed by atoms with Gasteiger partial charge >= 0.3 is 5.97 Å². The summed E-state index contributed by atoms with van der Waals surface area (Å²) >= 11 is 0. The molecule has 1 aromatic carbocycles. The van der Waals surface area contributed by atoms with Crippen molar-refractivity contribution >= 4 is 16.9 Å². The molecule has 4 heteroatoms. The van der Waals surface area contributed by atoms with Gasteiger partial charge in [-0.1, -0.05) is 0 Å². The summed E-state index contributed by atoms with van der Waals surface area (Å²) in [4.78, 5) is 16.9. The van der Waals surface area contributed by atoms with Crippen LogP contribution in [-0.4, -0.2) is 40.6 Å². The van der Waals surface area contributed by atoms with Crippen molar-refractivity contribution in [3.63, 3.8) is 0 Å². The topological polar surface area (TPSA) is 56.3 Å². The van der Waals surface area contributed by atoms with Crippen molar-refractivity contribution in [2.75, 3.05) is 19.6 Å². The van der Waals surface area contributed by atoms with Crippen molar-refractivity contribution in [3.8, 4) is 0 Å². The lowest BCUT2D eigenvalue weighted by Crippen LogP contribution is -2.30. The number of carboxylic acids is 1. The number of benzene rings is 1. The summed E-state index contributed by atoms with van der Waals surface area (Å²) in [7, 11) is 0. The first-order chi connectivity index (χ1) is 10.7. The standard InChI is InChI=1S/C18H23N2O2/c21-18(22)14-7-8-17-16(12-14)15(13-19-17)6-2-5-11-20-9-3-1-4-10-20/h1,7-8,12-13,19H,2-6,9-11H2,(H,21,22). The minimum atomic E-state index is -0.865. The number of aromatic carboxylic acids is 1. The Bertz CT molecular complexity index is 642. The highest BCUT2D eigenvalue weighted by atomic mass is 16.4. The molecular weight excluding hydrogens is 276 g/mol. The molecule has 2 aromatic rings. The minimum Gasteiger partial charge on any atom is -0.478 e. The molecule has 2 heterocycles. The molecule has 22 heavy (non-hydrogen) atoms. The van der Waals surface area contributed by atoms with Gasteiger partial charge in [-0.3, -0.25) is 0 Å². The van der Waals surface area contributed by atoms with E-state index in [0.717, 1.165) is 23.7 Å². The maximum Gasteiger partial charge on any atom is 0.335 e. The zero-order valence-electron chi connectivity index (χ0n) is 12.8. The molecule has 0 saturated carbocycles. The summed E-state index contributed by atoms with van der Waals surface area (Å²) in [5, 5.41) is 10.2. The Kier molecular flexibility index (Phi) is 4.78. The van der Waals surface area contributed by atoms with E-state index in [4.69, 9.17) is 5.11 Å². The Hall–Kier alpha value is -1.81. The van der Waals surface area contributed by atoms with Gasteiger partial charge in [0.1, 0.15) is 0 Å². The van der Waals surface area contributed by atoms with Crippen molar-refractivity contribution in [1.82, 2.24) is 9.88 Å². The van der Waals surface area contributed by atoms with E-state index < -0.39 is 5.97 Å². The summed E-state index contributed by atoms with van der Waals surface area (Å²) in [6, 6.07) is 5.29. The summed E-state index contributed by atoms with van der Waals surface area (Å²) < 4.78 is 0. The van der Waals surface area contributed by atoms with E-state index >= 15 is 0 Å². The predicted octanol–water partition coefficient (Wildman–Crippen LogP) is 3.49. The summed E-state index contributed by atoms with van der Waals surface area (Å²) in [5.41, 5.74) is 2.61. The molecule has 117 valence electrons. The molecule has 1 aliphatic heterocycles. The smallest absolute Gasteiger partial charge is 0.335 e. The molecule has 1 radical (unpaired) electrons. The Morgan fingerprint density at radius 3 is 2.82 bits per heavy atom. The summed E-state index contributed by atoms with van der Waals surface area (Å²) in [6.45, 7) is 3.58. The van der Waals surface area contributed by atoms with Crippen molar-refractivity contribution in [1.29, 1.82) is 0 Å². The lowest BCUT2D eigenvalue weighted by Gasteiger charge is -2.26. The van der Waals surface area contributed by atoms with Crippen LogP contribution in [-0.2, 0) is 6.42 Å². The molecular formula is C18H23N2O2. The fourth-order valence-corrected chi connectivity index (χ4v) is 3.20. The van der Waals surface area contributed by atoms with Gasteiger partial charge in [0.05, 0.1) is 5.56 Å². The monoisotopic (exact) mass is 299 g/mol. The molecule has 0 atom stereocenters. The second-order valence-corrected chi connectivity index (χ2v) is 6.04. The number of likely N-dealkylation sites (tertiary alicyclic amines) is 1. The molecule has 0 amide bonds. The van der Waals surface area contributed by atoms with Crippen LogP contribution in [0.4, 0.5) is 0 Å². The SMILES string of the molecule is O=C(O)c1ccc2[nH]cc(CCCCN3CC[CH]CC3)c2c1. The molecule has 1 saturated heterocycles. The fourth-order valence-electron chi connectivity index (χ4n) is 3.20. The highest BCUT2D eigenvalue weighted by Gasteiger charge is 2.11. The van der Waals surface area contributed by atoms with Gasteiger partial charge in [0, 0.05) is 17.1 Å². The van der Waals surface area contributed by atoms with Crippen molar-refractivity contribution in [2.45, 2.75) is 32.1 Å². The van der Waals surface area contributed by atoms with Gasteiger partial charge in [0.25, 0.3) is 0 Å². The van der Waals surface area contributed by atoms with Crippen LogP contribution in [0, 0.1) is 6.42 Å². The van der Waals surface area contributed by atoms with Gasteiger partial charge in [-0.25, -0.2) is 4.79 Å². The second kappa shape index (κ2) is 6.97. The molecule has 0 unspecified atom stereocenters. The number of unbranched alkanes of at least 4 members (excludes halogenated alkanes) is 1. The van der Waals surface area contributed by atoms with Crippen molar-refractivity contribution < 1.29 is 9.90 Å². The molecule has 0 bridgehead atoms. The number of rotatable bonds is 6.